The van der Waals surface area contributed by atoms with Gasteiger partial charge >= 0.3 is 0 Å². The lowest BCUT2D eigenvalue weighted by molar-refractivity contribution is -0.122. The molecule has 0 heterocycles. The molecule has 1 aromatic rings. The number of anilines is 1. The highest BCUT2D eigenvalue weighted by atomic mass is 35.5. The van der Waals surface area contributed by atoms with Gasteiger partial charge in [0.2, 0.25) is 5.91 Å². The molecule has 0 bridgehead atoms. The molecular weight excluding hydrogens is 285 g/mol. The Hall–Kier alpha value is -0.770. The Balaban J connectivity index is 1.97. The van der Waals surface area contributed by atoms with Crippen molar-refractivity contribution in [1.82, 2.24) is 0 Å². The van der Waals surface area contributed by atoms with Crippen LogP contribution in [0.15, 0.2) is 18.2 Å². The Labute approximate surface area is 122 Å². The summed E-state index contributed by atoms with van der Waals surface area (Å²) in [6.45, 7) is 0. The average Bonchev–Trinajstić information content (AvgIpc) is 2.33. The number of amides is 1. The Morgan fingerprint density at radius 3 is 2.58 bits per heavy atom. The predicted molar refractivity (Wildman–Crippen MR) is 77.7 cm³/mol. The van der Waals surface area contributed by atoms with Gasteiger partial charge < -0.3 is 10.4 Å². The summed E-state index contributed by atoms with van der Waals surface area (Å²) in [5.74, 6) is -0.214. The van der Waals surface area contributed by atoms with Gasteiger partial charge in [-0.25, -0.2) is 0 Å². The lowest BCUT2D eigenvalue weighted by Crippen LogP contribution is -2.35. The van der Waals surface area contributed by atoms with Crippen LogP contribution >= 0.6 is 23.2 Å². The second-order valence-electron chi connectivity index (χ2n) is 5.13. The highest BCUT2D eigenvalue weighted by Gasteiger charge is 2.31. The summed E-state index contributed by atoms with van der Waals surface area (Å²) >= 11 is 11.8. The molecule has 3 nitrogen and oxygen atoms in total. The number of nitrogens with one attached hydrogen (secondary N) is 1. The van der Waals surface area contributed by atoms with Crippen molar-refractivity contribution in [2.45, 2.75) is 44.1 Å². The number of carbonyl (C=O) groups excluding carboxylic acids is 1. The molecule has 1 amide bonds. The number of aliphatic hydroxyl groups is 1. The van der Waals surface area contributed by atoms with E-state index in [1.165, 1.54) is 0 Å². The molecule has 2 N–H and O–H groups in total. The lowest BCUT2D eigenvalue weighted by Gasteiger charge is -2.31. The normalized spacial score (nSPS) is 18.1. The smallest absolute Gasteiger partial charge is 0.227 e. The standard InChI is InChI=1S/C14H17Cl2NO2/c15-10-4-5-12(11(16)8-10)17-13(18)9-14(19)6-2-1-3-7-14/h4-5,8,19H,1-3,6-7,9H2,(H,17,18). The maximum atomic E-state index is 12.0. The van der Waals surface area contributed by atoms with Crippen molar-refractivity contribution < 1.29 is 9.90 Å². The zero-order chi connectivity index (χ0) is 13.9. The topological polar surface area (TPSA) is 49.3 Å². The molecule has 0 radical (unpaired) electrons. The van der Waals surface area contributed by atoms with E-state index >= 15 is 0 Å². The van der Waals surface area contributed by atoms with Gasteiger partial charge in [0, 0.05) is 5.02 Å². The number of hydrogen-bond acceptors (Lipinski definition) is 2. The van der Waals surface area contributed by atoms with Crippen LogP contribution in [-0.2, 0) is 4.79 Å². The largest absolute Gasteiger partial charge is 0.389 e. The van der Waals surface area contributed by atoms with Crippen LogP contribution in [0.2, 0.25) is 10.0 Å². The van der Waals surface area contributed by atoms with E-state index in [9.17, 15) is 9.90 Å². The van der Waals surface area contributed by atoms with E-state index in [-0.39, 0.29) is 12.3 Å². The minimum Gasteiger partial charge on any atom is -0.389 e. The molecule has 5 heteroatoms. The van der Waals surface area contributed by atoms with Crippen molar-refractivity contribution in [2.75, 3.05) is 5.32 Å². The summed E-state index contributed by atoms with van der Waals surface area (Å²) in [7, 11) is 0. The first-order valence-corrected chi connectivity index (χ1v) is 7.21. The third-order valence-electron chi connectivity index (χ3n) is 3.48. The number of halogens is 2. The molecule has 0 aliphatic heterocycles. The average molecular weight is 302 g/mol. The van der Waals surface area contributed by atoms with E-state index < -0.39 is 5.60 Å². The zero-order valence-electron chi connectivity index (χ0n) is 10.6. The molecule has 0 spiro atoms. The molecule has 1 fully saturated rings. The third kappa shape index (κ3) is 4.10. The van der Waals surface area contributed by atoms with Crippen LogP contribution in [0.5, 0.6) is 0 Å². The monoisotopic (exact) mass is 301 g/mol. The van der Waals surface area contributed by atoms with Crippen LogP contribution < -0.4 is 5.32 Å². The van der Waals surface area contributed by atoms with Crippen molar-refractivity contribution in [3.8, 4) is 0 Å². The summed E-state index contributed by atoms with van der Waals surface area (Å²) in [4.78, 5) is 12.0. The van der Waals surface area contributed by atoms with Crippen molar-refractivity contribution >= 4 is 34.8 Å². The van der Waals surface area contributed by atoms with E-state index in [0.717, 1.165) is 19.3 Å². The second kappa shape index (κ2) is 6.12. The van der Waals surface area contributed by atoms with Gasteiger partial charge in [-0.05, 0) is 31.0 Å². The van der Waals surface area contributed by atoms with Crippen molar-refractivity contribution in [2.24, 2.45) is 0 Å². The Bertz CT molecular complexity index is 471. The van der Waals surface area contributed by atoms with E-state index in [1.54, 1.807) is 18.2 Å². The minimum atomic E-state index is -0.860. The first-order valence-electron chi connectivity index (χ1n) is 6.46. The molecular formula is C14H17Cl2NO2. The molecule has 0 atom stereocenters. The highest BCUT2D eigenvalue weighted by molar-refractivity contribution is 6.36. The van der Waals surface area contributed by atoms with E-state index in [4.69, 9.17) is 23.2 Å². The van der Waals surface area contributed by atoms with Crippen LogP contribution in [0.4, 0.5) is 5.69 Å². The van der Waals surface area contributed by atoms with Gasteiger partial charge in [-0.1, -0.05) is 42.5 Å². The summed E-state index contributed by atoms with van der Waals surface area (Å²) < 4.78 is 0. The first-order chi connectivity index (χ1) is 8.98. The minimum absolute atomic E-state index is 0.117. The Morgan fingerprint density at radius 2 is 1.95 bits per heavy atom. The van der Waals surface area contributed by atoms with Crippen LogP contribution in [0.25, 0.3) is 0 Å². The molecule has 104 valence electrons. The quantitative estimate of drug-likeness (QED) is 0.886. The molecule has 1 aliphatic carbocycles. The van der Waals surface area contributed by atoms with Gasteiger partial charge in [0.05, 0.1) is 22.7 Å². The maximum absolute atomic E-state index is 12.0. The third-order valence-corrected chi connectivity index (χ3v) is 4.03. The lowest BCUT2D eigenvalue weighted by atomic mass is 9.82. The molecule has 0 unspecified atom stereocenters. The molecule has 1 aliphatic rings. The molecule has 1 aromatic carbocycles. The maximum Gasteiger partial charge on any atom is 0.227 e. The van der Waals surface area contributed by atoms with Crippen LogP contribution in [0.1, 0.15) is 38.5 Å². The van der Waals surface area contributed by atoms with Gasteiger partial charge in [0.15, 0.2) is 0 Å². The zero-order valence-corrected chi connectivity index (χ0v) is 12.1. The fraction of sp³-hybridized carbons (Fsp3) is 0.500. The van der Waals surface area contributed by atoms with E-state index in [1.807, 2.05) is 0 Å². The number of carbonyl (C=O) groups is 1. The SMILES string of the molecule is O=C(CC1(O)CCCCC1)Nc1ccc(Cl)cc1Cl. The van der Waals surface area contributed by atoms with Gasteiger partial charge in [0.25, 0.3) is 0 Å². The Morgan fingerprint density at radius 1 is 1.26 bits per heavy atom. The van der Waals surface area contributed by atoms with Gasteiger partial charge in [0.1, 0.15) is 0 Å². The highest BCUT2D eigenvalue weighted by Crippen LogP contribution is 2.32. The number of hydrogen-bond donors (Lipinski definition) is 2. The number of rotatable bonds is 3. The molecule has 0 saturated heterocycles. The predicted octanol–water partition coefficient (Wildman–Crippen LogP) is 4.02. The van der Waals surface area contributed by atoms with Crippen molar-refractivity contribution in [1.29, 1.82) is 0 Å². The van der Waals surface area contributed by atoms with Crippen LogP contribution in [0, 0.1) is 0 Å². The first kappa shape index (κ1) is 14.6. The summed E-state index contributed by atoms with van der Waals surface area (Å²) in [5.41, 5.74) is -0.336. The van der Waals surface area contributed by atoms with Crippen molar-refractivity contribution in [3.05, 3.63) is 28.2 Å². The number of benzene rings is 1. The van der Waals surface area contributed by atoms with Crippen LogP contribution in [-0.4, -0.2) is 16.6 Å². The summed E-state index contributed by atoms with van der Waals surface area (Å²) in [6, 6.07) is 4.90. The van der Waals surface area contributed by atoms with E-state index in [0.29, 0.717) is 28.6 Å². The summed E-state index contributed by atoms with van der Waals surface area (Å²) in [5, 5.41) is 14.0. The van der Waals surface area contributed by atoms with E-state index in [2.05, 4.69) is 5.32 Å². The van der Waals surface area contributed by atoms with Gasteiger partial charge in [-0.15, -0.1) is 0 Å². The molecule has 2 rings (SSSR count). The molecule has 1 saturated carbocycles. The van der Waals surface area contributed by atoms with Gasteiger partial charge in [-0.2, -0.15) is 0 Å². The van der Waals surface area contributed by atoms with Gasteiger partial charge in [-0.3, -0.25) is 4.79 Å². The molecule has 19 heavy (non-hydrogen) atoms. The van der Waals surface area contributed by atoms with Crippen molar-refractivity contribution in [3.63, 3.8) is 0 Å². The molecule has 0 aromatic heterocycles. The van der Waals surface area contributed by atoms with Crippen LogP contribution in [0.3, 0.4) is 0 Å². The fourth-order valence-corrected chi connectivity index (χ4v) is 2.93. The second-order valence-corrected chi connectivity index (χ2v) is 5.98. The Kier molecular flexibility index (Phi) is 4.71. The fourth-order valence-electron chi connectivity index (χ4n) is 2.47. The summed E-state index contributed by atoms with van der Waals surface area (Å²) in [6.07, 6.45) is 4.58.